The normalized spacial score (nSPS) is 12.3. The van der Waals surface area contributed by atoms with Gasteiger partial charge in [0, 0.05) is 24.2 Å². The summed E-state index contributed by atoms with van der Waals surface area (Å²) in [5, 5.41) is 18.4. The van der Waals surface area contributed by atoms with Crippen LogP contribution in [0.1, 0.15) is 39.1 Å². The first kappa shape index (κ1) is 20.7. The molecule has 0 aliphatic rings. The number of aromatic nitrogens is 6. The van der Waals surface area contributed by atoms with Crippen molar-refractivity contribution in [3.05, 3.63) is 60.4 Å². The van der Waals surface area contributed by atoms with Crippen molar-refractivity contribution in [2.24, 2.45) is 0 Å². The predicted molar refractivity (Wildman–Crippen MR) is 116 cm³/mol. The van der Waals surface area contributed by atoms with E-state index < -0.39 is 11.0 Å². The first-order valence-electron chi connectivity index (χ1n) is 9.90. The highest BCUT2D eigenvalue weighted by atomic mass is 16.5. The van der Waals surface area contributed by atoms with Crippen LogP contribution in [0.5, 0.6) is 0 Å². The van der Waals surface area contributed by atoms with Crippen molar-refractivity contribution in [1.29, 1.82) is 0 Å². The zero-order chi connectivity index (χ0) is 22.2. The maximum absolute atomic E-state index is 9.97. The highest BCUT2D eigenvalue weighted by molar-refractivity contribution is 5.62. The fraction of sp³-hybridized carbons (Fsp3) is 0.318. The minimum atomic E-state index is -0.865. The topological polar surface area (TPSA) is 129 Å². The summed E-state index contributed by atoms with van der Waals surface area (Å²) >= 11 is 0. The third-order valence-electron chi connectivity index (χ3n) is 5.03. The van der Waals surface area contributed by atoms with Gasteiger partial charge in [-0.15, -0.1) is 0 Å². The minimum absolute atomic E-state index is 0.250. The zero-order valence-electron chi connectivity index (χ0n) is 17.9. The molecule has 4 rings (SSSR count). The Labute approximate surface area is 180 Å². The lowest BCUT2D eigenvalue weighted by Crippen LogP contribution is -2.26. The summed E-state index contributed by atoms with van der Waals surface area (Å²) in [6, 6.07) is 8.08. The number of nitrogens with zero attached hydrogens (tertiary/aromatic N) is 6. The molecule has 0 unspecified atom stereocenters. The van der Waals surface area contributed by atoms with Crippen molar-refractivity contribution >= 4 is 5.95 Å². The van der Waals surface area contributed by atoms with Crippen molar-refractivity contribution in [2.75, 3.05) is 5.73 Å². The van der Waals surface area contributed by atoms with Gasteiger partial charge in [-0.05, 0) is 38.8 Å². The number of nitrogens with two attached hydrogens (primary N) is 1. The summed E-state index contributed by atoms with van der Waals surface area (Å²) in [6.07, 6.45) is 6.84. The quantitative estimate of drug-likeness (QED) is 0.488. The predicted octanol–water partition coefficient (Wildman–Crippen LogP) is 3.07. The molecule has 3 N–H and O–H groups in total. The average molecular weight is 419 g/mol. The molecule has 0 bridgehead atoms. The van der Waals surface area contributed by atoms with E-state index in [1.165, 1.54) is 0 Å². The molecule has 0 saturated carbocycles. The highest BCUT2D eigenvalue weighted by Crippen LogP contribution is 2.32. The zero-order valence-corrected chi connectivity index (χ0v) is 17.9. The van der Waals surface area contributed by atoms with Gasteiger partial charge >= 0.3 is 0 Å². The van der Waals surface area contributed by atoms with Gasteiger partial charge in [0.05, 0.1) is 29.3 Å². The van der Waals surface area contributed by atoms with E-state index in [1.807, 2.05) is 38.1 Å². The van der Waals surface area contributed by atoms with Crippen molar-refractivity contribution in [2.45, 2.75) is 45.3 Å². The third kappa shape index (κ3) is 4.46. The van der Waals surface area contributed by atoms with Gasteiger partial charge in [-0.2, -0.15) is 10.1 Å². The second-order valence-corrected chi connectivity index (χ2v) is 8.69. The van der Waals surface area contributed by atoms with Crippen LogP contribution < -0.4 is 5.73 Å². The maximum Gasteiger partial charge on any atom is 0.261 e. The standard InChI is InChI=1S/C22H25N7O2/c1-21(2,30)13-29-12-16(11-26-29)18-27-19(28-31-18)22(3,4)17-7-5-14(6-8-17)15-9-24-20(23)25-10-15/h5-12,30H,13H2,1-4H3,(H2,23,24,25). The van der Waals surface area contributed by atoms with Crippen LogP contribution in [0.2, 0.25) is 0 Å². The van der Waals surface area contributed by atoms with Crippen molar-refractivity contribution in [3.63, 3.8) is 0 Å². The molecule has 0 aliphatic carbocycles. The summed E-state index contributed by atoms with van der Waals surface area (Å²) in [5.74, 6) is 1.21. The van der Waals surface area contributed by atoms with Gasteiger partial charge in [-0.25, -0.2) is 9.97 Å². The molecular weight excluding hydrogens is 394 g/mol. The third-order valence-corrected chi connectivity index (χ3v) is 5.03. The molecule has 0 aliphatic heterocycles. The summed E-state index contributed by atoms with van der Waals surface area (Å²) in [5.41, 5.74) is 7.86. The van der Waals surface area contributed by atoms with Crippen molar-refractivity contribution < 1.29 is 9.63 Å². The molecule has 31 heavy (non-hydrogen) atoms. The van der Waals surface area contributed by atoms with Crippen molar-refractivity contribution in [3.8, 4) is 22.6 Å². The largest absolute Gasteiger partial charge is 0.389 e. The Morgan fingerprint density at radius 1 is 0.968 bits per heavy atom. The monoisotopic (exact) mass is 419 g/mol. The Morgan fingerprint density at radius 2 is 1.65 bits per heavy atom. The number of hydrogen-bond donors (Lipinski definition) is 2. The molecule has 0 fully saturated rings. The Hall–Kier alpha value is -3.59. The Kier molecular flexibility index (Phi) is 5.06. The van der Waals surface area contributed by atoms with Gasteiger partial charge in [0.1, 0.15) is 0 Å². The van der Waals surface area contributed by atoms with Crippen LogP contribution in [0.4, 0.5) is 5.95 Å². The van der Waals surface area contributed by atoms with Crippen LogP contribution in [0.3, 0.4) is 0 Å². The second kappa shape index (κ2) is 7.59. The molecule has 9 heteroatoms. The molecule has 0 spiro atoms. The molecule has 3 aromatic heterocycles. The Bertz CT molecular complexity index is 1170. The van der Waals surface area contributed by atoms with E-state index in [1.54, 1.807) is 43.3 Å². The smallest absolute Gasteiger partial charge is 0.261 e. The molecule has 0 amide bonds. The number of anilines is 1. The number of rotatable bonds is 6. The lowest BCUT2D eigenvalue weighted by atomic mass is 9.83. The van der Waals surface area contributed by atoms with E-state index >= 15 is 0 Å². The minimum Gasteiger partial charge on any atom is -0.389 e. The van der Waals surface area contributed by atoms with Gasteiger partial charge < -0.3 is 15.4 Å². The van der Waals surface area contributed by atoms with Crippen LogP contribution in [-0.4, -0.2) is 40.6 Å². The summed E-state index contributed by atoms with van der Waals surface area (Å²) in [6.45, 7) is 7.91. The first-order chi connectivity index (χ1) is 14.6. The molecule has 0 radical (unpaired) electrons. The van der Waals surface area contributed by atoms with Gasteiger partial charge in [0.15, 0.2) is 5.82 Å². The SMILES string of the molecule is CC(C)(O)Cn1cc(-c2nc(C(C)(C)c3ccc(-c4cnc(N)nc4)cc3)no2)cn1. The number of benzene rings is 1. The average Bonchev–Trinajstić information content (AvgIpc) is 3.37. The summed E-state index contributed by atoms with van der Waals surface area (Å²) in [7, 11) is 0. The van der Waals surface area contributed by atoms with Crippen LogP contribution in [0, 0.1) is 0 Å². The first-order valence-corrected chi connectivity index (χ1v) is 9.90. The molecule has 3 heterocycles. The van der Waals surface area contributed by atoms with E-state index in [0.29, 0.717) is 23.8 Å². The molecule has 160 valence electrons. The van der Waals surface area contributed by atoms with Crippen LogP contribution in [0.25, 0.3) is 22.6 Å². The van der Waals surface area contributed by atoms with Gasteiger partial charge in [0.25, 0.3) is 5.89 Å². The number of hydrogen-bond acceptors (Lipinski definition) is 8. The van der Waals surface area contributed by atoms with Crippen LogP contribution in [-0.2, 0) is 12.0 Å². The van der Waals surface area contributed by atoms with E-state index in [9.17, 15) is 5.11 Å². The molecule has 1 aromatic carbocycles. The summed E-state index contributed by atoms with van der Waals surface area (Å²) < 4.78 is 7.16. The lowest BCUT2D eigenvalue weighted by Gasteiger charge is -2.21. The Balaban J connectivity index is 1.55. The molecule has 4 aromatic rings. The van der Waals surface area contributed by atoms with E-state index in [-0.39, 0.29) is 5.95 Å². The van der Waals surface area contributed by atoms with E-state index in [0.717, 1.165) is 16.7 Å². The molecule has 0 saturated heterocycles. The molecular formula is C22H25N7O2. The Morgan fingerprint density at radius 3 is 2.29 bits per heavy atom. The van der Waals surface area contributed by atoms with Gasteiger partial charge in [0.2, 0.25) is 5.95 Å². The highest BCUT2D eigenvalue weighted by Gasteiger charge is 2.29. The van der Waals surface area contributed by atoms with Crippen LogP contribution in [0.15, 0.2) is 53.6 Å². The summed E-state index contributed by atoms with van der Waals surface area (Å²) in [4.78, 5) is 12.7. The second-order valence-electron chi connectivity index (χ2n) is 8.69. The van der Waals surface area contributed by atoms with Gasteiger partial charge in [-0.1, -0.05) is 29.4 Å². The number of nitrogen functional groups attached to an aromatic ring is 1. The fourth-order valence-electron chi connectivity index (χ4n) is 3.25. The lowest BCUT2D eigenvalue weighted by molar-refractivity contribution is 0.0577. The molecule has 9 nitrogen and oxygen atoms in total. The van der Waals surface area contributed by atoms with Gasteiger partial charge in [-0.3, -0.25) is 4.68 Å². The number of aliphatic hydroxyl groups is 1. The van der Waals surface area contributed by atoms with E-state index in [2.05, 4.69) is 25.2 Å². The fourth-order valence-corrected chi connectivity index (χ4v) is 3.25. The van der Waals surface area contributed by atoms with Crippen LogP contribution >= 0.6 is 0 Å². The molecule has 0 atom stereocenters. The van der Waals surface area contributed by atoms with E-state index in [4.69, 9.17) is 10.3 Å². The van der Waals surface area contributed by atoms with Crippen molar-refractivity contribution in [1.82, 2.24) is 29.9 Å². The maximum atomic E-state index is 9.97.